The van der Waals surface area contributed by atoms with Gasteiger partial charge in [-0.05, 0) is 25.2 Å². The minimum absolute atomic E-state index is 0.202. The Bertz CT molecular complexity index is 220. The molecule has 2 atom stereocenters. The van der Waals surface area contributed by atoms with Crippen molar-refractivity contribution in [2.24, 2.45) is 11.3 Å². The van der Waals surface area contributed by atoms with Crippen LogP contribution in [0.3, 0.4) is 0 Å². The fourth-order valence-corrected chi connectivity index (χ4v) is 2.07. The number of aliphatic hydroxyl groups excluding tert-OH is 1. The first-order valence-electron chi connectivity index (χ1n) is 4.84. The monoisotopic (exact) mass is 182 g/mol. The largest absolute Gasteiger partial charge is 0.392 e. The molecule has 0 aromatic heterocycles. The molecule has 1 saturated carbocycles. The molecule has 1 fully saturated rings. The van der Waals surface area contributed by atoms with E-state index in [0.717, 1.165) is 24.7 Å². The fourth-order valence-electron chi connectivity index (χ4n) is 2.07. The van der Waals surface area contributed by atoms with Crippen LogP contribution in [0.15, 0.2) is 12.2 Å². The summed E-state index contributed by atoms with van der Waals surface area (Å²) in [7, 11) is 0. The van der Waals surface area contributed by atoms with Crippen molar-refractivity contribution < 1.29 is 9.90 Å². The van der Waals surface area contributed by atoms with E-state index < -0.39 is 11.5 Å². The summed E-state index contributed by atoms with van der Waals surface area (Å²) in [4.78, 5) is 11.1. The van der Waals surface area contributed by atoms with Gasteiger partial charge in [0.2, 0.25) is 0 Å². The van der Waals surface area contributed by atoms with Gasteiger partial charge >= 0.3 is 0 Å². The Kier molecular flexibility index (Phi) is 2.91. The molecule has 0 aromatic carbocycles. The van der Waals surface area contributed by atoms with Gasteiger partial charge in [0.25, 0.3) is 0 Å². The summed E-state index contributed by atoms with van der Waals surface area (Å²) < 4.78 is 0. The van der Waals surface area contributed by atoms with Crippen LogP contribution in [0.4, 0.5) is 0 Å². The van der Waals surface area contributed by atoms with Gasteiger partial charge in [-0.2, -0.15) is 0 Å². The summed E-state index contributed by atoms with van der Waals surface area (Å²) in [5.41, 5.74) is 0.534. The molecule has 0 heterocycles. The molecular weight excluding hydrogens is 164 g/mol. The maximum atomic E-state index is 11.1. The average molecular weight is 182 g/mol. The van der Waals surface area contributed by atoms with Gasteiger partial charge in [-0.3, -0.25) is 0 Å². The molecule has 1 aliphatic carbocycles. The van der Waals surface area contributed by atoms with E-state index in [-0.39, 0.29) is 5.92 Å². The van der Waals surface area contributed by atoms with Crippen molar-refractivity contribution in [2.75, 3.05) is 0 Å². The SMILES string of the molecule is C=C1CC[C@](C=O)(C(C)C)[C@H](O)C1. The minimum atomic E-state index is -0.536. The normalized spacial score (nSPS) is 35.1. The Labute approximate surface area is 79.6 Å². The van der Waals surface area contributed by atoms with Crippen LogP contribution >= 0.6 is 0 Å². The second-order valence-electron chi connectivity index (χ2n) is 4.35. The number of rotatable bonds is 2. The molecule has 2 nitrogen and oxygen atoms in total. The van der Waals surface area contributed by atoms with Crippen molar-refractivity contribution in [3.8, 4) is 0 Å². The third kappa shape index (κ3) is 1.68. The second-order valence-corrected chi connectivity index (χ2v) is 4.35. The van der Waals surface area contributed by atoms with Gasteiger partial charge in [0.05, 0.1) is 11.5 Å². The van der Waals surface area contributed by atoms with E-state index in [1.807, 2.05) is 13.8 Å². The van der Waals surface area contributed by atoms with Crippen LogP contribution in [-0.2, 0) is 4.79 Å². The van der Waals surface area contributed by atoms with E-state index in [2.05, 4.69) is 6.58 Å². The van der Waals surface area contributed by atoms with Crippen LogP contribution in [0.25, 0.3) is 0 Å². The number of aliphatic hydroxyl groups is 1. The number of hydrogen-bond acceptors (Lipinski definition) is 2. The predicted octanol–water partition coefficient (Wildman–Crippen LogP) is 1.93. The zero-order valence-corrected chi connectivity index (χ0v) is 8.42. The van der Waals surface area contributed by atoms with Crippen molar-refractivity contribution in [2.45, 2.75) is 39.2 Å². The number of aldehydes is 1. The quantitative estimate of drug-likeness (QED) is 0.523. The van der Waals surface area contributed by atoms with Gasteiger partial charge in [-0.15, -0.1) is 0 Å². The highest BCUT2D eigenvalue weighted by molar-refractivity contribution is 5.61. The van der Waals surface area contributed by atoms with Crippen molar-refractivity contribution in [3.63, 3.8) is 0 Å². The van der Waals surface area contributed by atoms with Crippen LogP contribution in [0.2, 0.25) is 0 Å². The summed E-state index contributed by atoms with van der Waals surface area (Å²) >= 11 is 0. The van der Waals surface area contributed by atoms with E-state index in [9.17, 15) is 9.90 Å². The Morgan fingerprint density at radius 2 is 2.31 bits per heavy atom. The lowest BCUT2D eigenvalue weighted by Crippen LogP contribution is -2.44. The topological polar surface area (TPSA) is 37.3 Å². The van der Waals surface area contributed by atoms with Gasteiger partial charge in [-0.25, -0.2) is 0 Å². The number of carbonyl (C=O) groups is 1. The first kappa shape index (κ1) is 10.5. The van der Waals surface area contributed by atoms with Crippen molar-refractivity contribution in [3.05, 3.63) is 12.2 Å². The standard InChI is InChI=1S/C11H18O2/c1-8(2)11(7-12)5-4-9(3)6-10(11)13/h7-8,10,13H,3-6H2,1-2H3/t10-,11+/m1/s1. The summed E-state index contributed by atoms with van der Waals surface area (Å²) in [5.74, 6) is 0.202. The predicted molar refractivity (Wildman–Crippen MR) is 52.3 cm³/mol. The van der Waals surface area contributed by atoms with Crippen molar-refractivity contribution in [1.29, 1.82) is 0 Å². The lowest BCUT2D eigenvalue weighted by atomic mass is 9.65. The molecule has 74 valence electrons. The highest BCUT2D eigenvalue weighted by Crippen LogP contribution is 2.42. The van der Waals surface area contributed by atoms with Crippen LogP contribution < -0.4 is 0 Å². The van der Waals surface area contributed by atoms with E-state index in [4.69, 9.17) is 0 Å². The average Bonchev–Trinajstić information content (AvgIpc) is 2.04. The third-order valence-corrected chi connectivity index (χ3v) is 3.31. The van der Waals surface area contributed by atoms with E-state index in [1.165, 1.54) is 0 Å². The molecule has 13 heavy (non-hydrogen) atoms. The molecule has 1 rings (SSSR count). The second kappa shape index (κ2) is 3.62. The van der Waals surface area contributed by atoms with Crippen LogP contribution in [0.5, 0.6) is 0 Å². The van der Waals surface area contributed by atoms with Gasteiger partial charge in [0, 0.05) is 0 Å². The molecule has 0 aromatic rings. The minimum Gasteiger partial charge on any atom is -0.392 e. The molecule has 0 unspecified atom stereocenters. The Hall–Kier alpha value is -0.630. The molecule has 0 bridgehead atoms. The molecule has 0 aliphatic heterocycles. The van der Waals surface area contributed by atoms with Crippen molar-refractivity contribution in [1.82, 2.24) is 0 Å². The Morgan fingerprint density at radius 1 is 1.69 bits per heavy atom. The van der Waals surface area contributed by atoms with Crippen LogP contribution in [0.1, 0.15) is 33.1 Å². The van der Waals surface area contributed by atoms with Gasteiger partial charge in [0.15, 0.2) is 0 Å². The first-order chi connectivity index (χ1) is 6.03. The maximum Gasteiger partial charge on any atom is 0.129 e. The molecule has 0 spiro atoms. The summed E-state index contributed by atoms with van der Waals surface area (Å²) in [5, 5.41) is 9.87. The molecular formula is C11H18O2. The lowest BCUT2D eigenvalue weighted by molar-refractivity contribution is -0.129. The fraction of sp³-hybridized carbons (Fsp3) is 0.727. The molecule has 1 aliphatic rings. The molecule has 1 N–H and O–H groups in total. The molecule has 0 radical (unpaired) electrons. The lowest BCUT2D eigenvalue weighted by Gasteiger charge is -2.40. The summed E-state index contributed by atoms with van der Waals surface area (Å²) in [6, 6.07) is 0. The van der Waals surface area contributed by atoms with E-state index in [1.54, 1.807) is 0 Å². The van der Waals surface area contributed by atoms with Crippen LogP contribution in [0, 0.1) is 11.3 Å². The zero-order valence-electron chi connectivity index (χ0n) is 8.42. The van der Waals surface area contributed by atoms with Gasteiger partial charge in [0.1, 0.15) is 6.29 Å². The molecule has 0 saturated heterocycles. The summed E-state index contributed by atoms with van der Waals surface area (Å²) in [6.07, 6.45) is 2.60. The van der Waals surface area contributed by atoms with Crippen molar-refractivity contribution >= 4 is 6.29 Å². The number of carbonyl (C=O) groups excluding carboxylic acids is 1. The molecule has 0 amide bonds. The zero-order chi connectivity index (χ0) is 10.1. The Morgan fingerprint density at radius 3 is 2.69 bits per heavy atom. The highest BCUT2D eigenvalue weighted by Gasteiger charge is 2.43. The van der Waals surface area contributed by atoms with E-state index in [0.29, 0.717) is 6.42 Å². The molecule has 2 heteroatoms. The van der Waals surface area contributed by atoms with E-state index >= 15 is 0 Å². The van der Waals surface area contributed by atoms with Gasteiger partial charge in [-0.1, -0.05) is 26.0 Å². The smallest absolute Gasteiger partial charge is 0.129 e. The maximum absolute atomic E-state index is 11.1. The highest BCUT2D eigenvalue weighted by atomic mass is 16.3. The Balaban J connectivity index is 2.87. The summed E-state index contributed by atoms with van der Waals surface area (Å²) in [6.45, 7) is 7.83. The van der Waals surface area contributed by atoms with Crippen LogP contribution in [-0.4, -0.2) is 17.5 Å². The van der Waals surface area contributed by atoms with Gasteiger partial charge < -0.3 is 9.90 Å². The third-order valence-electron chi connectivity index (χ3n) is 3.31. The number of hydrogen-bond donors (Lipinski definition) is 1. The first-order valence-corrected chi connectivity index (χ1v) is 4.84.